The smallest absolute Gasteiger partial charge is 0.133 e. The van der Waals surface area contributed by atoms with Gasteiger partial charge in [0.05, 0.1) is 6.10 Å². The second-order valence-corrected chi connectivity index (χ2v) is 3.91. The first kappa shape index (κ1) is 12.7. The quantitative estimate of drug-likeness (QED) is 0.676. The molecule has 0 saturated heterocycles. The van der Waals surface area contributed by atoms with E-state index in [0.29, 0.717) is 18.8 Å². The van der Waals surface area contributed by atoms with Gasteiger partial charge in [-0.2, -0.15) is 0 Å². The van der Waals surface area contributed by atoms with Gasteiger partial charge in [-0.05, 0) is 19.8 Å². The molecule has 1 aromatic rings. The number of nitrogens with one attached hydrogen (secondary N) is 1. The van der Waals surface area contributed by atoms with Crippen LogP contribution in [0.15, 0.2) is 6.07 Å². The van der Waals surface area contributed by atoms with E-state index in [1.165, 1.54) is 0 Å². The minimum atomic E-state index is -0.304. The van der Waals surface area contributed by atoms with Crippen LogP contribution in [0.1, 0.15) is 32.5 Å². The van der Waals surface area contributed by atoms with Crippen LogP contribution >= 0.6 is 0 Å². The highest BCUT2D eigenvalue weighted by Gasteiger charge is 2.02. The van der Waals surface area contributed by atoms with Crippen molar-refractivity contribution in [1.82, 2.24) is 9.97 Å². The summed E-state index contributed by atoms with van der Waals surface area (Å²) in [5.74, 6) is 1.98. The number of rotatable bonds is 6. The molecule has 5 nitrogen and oxygen atoms in total. The molecule has 0 fully saturated rings. The molecule has 1 atom stereocenters. The van der Waals surface area contributed by atoms with Gasteiger partial charge in [0.15, 0.2) is 0 Å². The van der Waals surface area contributed by atoms with Gasteiger partial charge in [0, 0.05) is 19.0 Å². The summed E-state index contributed by atoms with van der Waals surface area (Å²) in [6.45, 7) is 4.52. The third-order valence-electron chi connectivity index (χ3n) is 2.13. The van der Waals surface area contributed by atoms with Crippen molar-refractivity contribution in [1.29, 1.82) is 0 Å². The van der Waals surface area contributed by atoms with Crippen molar-refractivity contribution in [3.8, 4) is 0 Å². The van der Waals surface area contributed by atoms with Crippen molar-refractivity contribution < 1.29 is 5.11 Å². The summed E-state index contributed by atoms with van der Waals surface area (Å²) in [6.07, 6.45) is 2.21. The monoisotopic (exact) mass is 224 g/mol. The Hall–Kier alpha value is -1.36. The standard InChI is InChI=1S/C11H20N4O/c1-3-4-10-14-9(12)7-11(15-10)13-6-5-8(2)16/h7-8,16H,3-6H2,1-2H3,(H3,12,13,14,15). The number of nitrogens with two attached hydrogens (primary N) is 1. The highest BCUT2D eigenvalue weighted by Crippen LogP contribution is 2.09. The summed E-state index contributed by atoms with van der Waals surface area (Å²) in [6, 6.07) is 1.71. The van der Waals surface area contributed by atoms with Gasteiger partial charge < -0.3 is 16.2 Å². The summed E-state index contributed by atoms with van der Waals surface area (Å²) in [7, 11) is 0. The molecule has 90 valence electrons. The average molecular weight is 224 g/mol. The second-order valence-electron chi connectivity index (χ2n) is 3.91. The van der Waals surface area contributed by atoms with Crippen molar-refractivity contribution in [2.24, 2.45) is 0 Å². The van der Waals surface area contributed by atoms with Gasteiger partial charge in [0.25, 0.3) is 0 Å². The second kappa shape index (κ2) is 6.27. The predicted octanol–water partition coefficient (Wildman–Crippen LogP) is 1.19. The lowest BCUT2D eigenvalue weighted by atomic mass is 10.3. The minimum Gasteiger partial charge on any atom is -0.393 e. The molecular formula is C11H20N4O. The summed E-state index contributed by atoms with van der Waals surface area (Å²) in [5, 5.41) is 12.3. The summed E-state index contributed by atoms with van der Waals surface area (Å²) >= 11 is 0. The lowest BCUT2D eigenvalue weighted by Gasteiger charge is -2.09. The molecule has 0 saturated carbocycles. The Morgan fingerprint density at radius 1 is 1.50 bits per heavy atom. The van der Waals surface area contributed by atoms with Gasteiger partial charge in [-0.15, -0.1) is 0 Å². The lowest BCUT2D eigenvalue weighted by molar-refractivity contribution is 0.188. The molecule has 1 unspecified atom stereocenters. The van der Waals surface area contributed by atoms with Crippen LogP contribution < -0.4 is 11.1 Å². The molecule has 1 aromatic heterocycles. The van der Waals surface area contributed by atoms with Crippen LogP contribution in [0.4, 0.5) is 11.6 Å². The van der Waals surface area contributed by atoms with Crippen LogP contribution in [-0.2, 0) is 6.42 Å². The number of nitrogens with zero attached hydrogens (tertiary/aromatic N) is 2. The van der Waals surface area contributed by atoms with E-state index in [9.17, 15) is 0 Å². The molecule has 0 aromatic carbocycles. The Morgan fingerprint density at radius 3 is 2.88 bits per heavy atom. The number of aryl methyl sites for hydroxylation is 1. The molecule has 0 spiro atoms. The summed E-state index contributed by atoms with van der Waals surface area (Å²) < 4.78 is 0. The number of hydrogen-bond donors (Lipinski definition) is 3. The maximum absolute atomic E-state index is 9.13. The van der Waals surface area contributed by atoms with Crippen molar-refractivity contribution >= 4 is 11.6 Å². The zero-order valence-electron chi connectivity index (χ0n) is 9.90. The topological polar surface area (TPSA) is 84.1 Å². The van der Waals surface area contributed by atoms with Crippen molar-refractivity contribution in [2.45, 2.75) is 39.2 Å². The SMILES string of the molecule is CCCc1nc(N)cc(NCCC(C)O)n1. The van der Waals surface area contributed by atoms with E-state index < -0.39 is 0 Å². The molecule has 16 heavy (non-hydrogen) atoms. The van der Waals surface area contributed by atoms with Gasteiger partial charge in [0.1, 0.15) is 17.5 Å². The van der Waals surface area contributed by atoms with Crippen molar-refractivity contribution in [3.63, 3.8) is 0 Å². The molecule has 5 heteroatoms. The fourth-order valence-electron chi connectivity index (χ4n) is 1.35. The Labute approximate surface area is 96.1 Å². The molecule has 1 rings (SSSR count). The fraction of sp³-hybridized carbons (Fsp3) is 0.636. The first-order valence-electron chi connectivity index (χ1n) is 5.67. The zero-order chi connectivity index (χ0) is 12.0. The van der Waals surface area contributed by atoms with Crippen LogP contribution in [-0.4, -0.2) is 27.7 Å². The predicted molar refractivity (Wildman–Crippen MR) is 65.2 cm³/mol. The Balaban J connectivity index is 2.58. The van der Waals surface area contributed by atoms with Crippen LogP contribution in [0, 0.1) is 0 Å². The Bertz CT molecular complexity index is 328. The van der Waals surface area contributed by atoms with E-state index >= 15 is 0 Å². The van der Waals surface area contributed by atoms with Gasteiger partial charge in [-0.3, -0.25) is 0 Å². The molecule has 0 bridgehead atoms. The Morgan fingerprint density at radius 2 is 2.25 bits per heavy atom. The molecule has 0 aliphatic heterocycles. The molecule has 0 aliphatic carbocycles. The van der Waals surface area contributed by atoms with Gasteiger partial charge >= 0.3 is 0 Å². The maximum Gasteiger partial charge on any atom is 0.133 e. The fourth-order valence-corrected chi connectivity index (χ4v) is 1.35. The van der Waals surface area contributed by atoms with Crippen LogP contribution in [0.5, 0.6) is 0 Å². The number of nitrogen functional groups attached to an aromatic ring is 1. The van der Waals surface area contributed by atoms with E-state index in [4.69, 9.17) is 10.8 Å². The number of aliphatic hydroxyl groups is 1. The van der Waals surface area contributed by atoms with Crippen molar-refractivity contribution in [2.75, 3.05) is 17.6 Å². The number of aromatic nitrogens is 2. The zero-order valence-corrected chi connectivity index (χ0v) is 9.90. The van der Waals surface area contributed by atoms with E-state index in [1.807, 2.05) is 0 Å². The average Bonchev–Trinajstić information content (AvgIpc) is 2.16. The largest absolute Gasteiger partial charge is 0.393 e. The third kappa shape index (κ3) is 4.44. The van der Waals surface area contributed by atoms with Crippen LogP contribution in [0.3, 0.4) is 0 Å². The molecule has 0 amide bonds. The van der Waals surface area contributed by atoms with Crippen LogP contribution in [0.25, 0.3) is 0 Å². The normalized spacial score (nSPS) is 12.4. The molecular weight excluding hydrogens is 204 g/mol. The van der Waals surface area contributed by atoms with Gasteiger partial charge in [-0.25, -0.2) is 9.97 Å². The van der Waals surface area contributed by atoms with Crippen molar-refractivity contribution in [3.05, 3.63) is 11.9 Å². The first-order valence-corrected chi connectivity index (χ1v) is 5.67. The summed E-state index contributed by atoms with van der Waals surface area (Å²) in [5.41, 5.74) is 5.68. The van der Waals surface area contributed by atoms with E-state index in [2.05, 4.69) is 22.2 Å². The summed E-state index contributed by atoms with van der Waals surface area (Å²) in [4.78, 5) is 8.48. The van der Waals surface area contributed by atoms with E-state index in [0.717, 1.165) is 24.5 Å². The molecule has 0 aliphatic rings. The maximum atomic E-state index is 9.13. The molecule has 1 heterocycles. The van der Waals surface area contributed by atoms with Crippen LogP contribution in [0.2, 0.25) is 0 Å². The molecule has 4 N–H and O–H groups in total. The first-order chi connectivity index (χ1) is 7.61. The lowest BCUT2D eigenvalue weighted by Crippen LogP contribution is -2.12. The molecule has 0 radical (unpaired) electrons. The van der Waals surface area contributed by atoms with E-state index in [1.54, 1.807) is 13.0 Å². The minimum absolute atomic E-state index is 0.304. The number of hydrogen-bond acceptors (Lipinski definition) is 5. The van der Waals surface area contributed by atoms with Gasteiger partial charge in [0.2, 0.25) is 0 Å². The van der Waals surface area contributed by atoms with E-state index in [-0.39, 0.29) is 6.10 Å². The highest BCUT2D eigenvalue weighted by atomic mass is 16.3. The third-order valence-corrected chi connectivity index (χ3v) is 2.13. The Kier molecular flexibility index (Phi) is 4.98. The van der Waals surface area contributed by atoms with Gasteiger partial charge in [-0.1, -0.05) is 6.92 Å². The highest BCUT2D eigenvalue weighted by molar-refractivity contribution is 5.44. The number of anilines is 2. The number of aliphatic hydroxyl groups excluding tert-OH is 1.